The number of rotatable bonds is 5. The summed E-state index contributed by atoms with van der Waals surface area (Å²) in [6.45, 7) is 2.28. The van der Waals surface area contributed by atoms with Gasteiger partial charge in [-0.15, -0.1) is 0 Å². The van der Waals surface area contributed by atoms with Gasteiger partial charge in [-0.1, -0.05) is 68.4 Å². The Labute approximate surface area is 109 Å². The van der Waals surface area contributed by atoms with Crippen LogP contribution in [0.3, 0.4) is 0 Å². The Morgan fingerprint density at radius 1 is 0.875 bits per heavy atom. The van der Waals surface area contributed by atoms with Crippen LogP contribution in [0.15, 0.2) is 48.6 Å². The van der Waals surface area contributed by atoms with Crippen LogP contribution >= 0.6 is 0 Å². The van der Waals surface area contributed by atoms with E-state index in [1.807, 2.05) is 0 Å². The smallest absolute Gasteiger partial charge is 0 e. The van der Waals surface area contributed by atoms with Crippen LogP contribution in [0.5, 0.6) is 0 Å². The first kappa shape index (κ1) is 13.5. The fourth-order valence-corrected chi connectivity index (χ4v) is 2.55. The molecule has 1 heteroatoms. The van der Waals surface area contributed by atoms with E-state index in [4.69, 9.17) is 0 Å². The molecule has 16 heavy (non-hydrogen) atoms. The van der Waals surface area contributed by atoms with Gasteiger partial charge in [-0.05, 0) is 24.2 Å². The number of unbranched alkanes of at least 4 members (excludes halogenated alkanes) is 1. The van der Waals surface area contributed by atoms with Crippen molar-refractivity contribution in [3.05, 3.63) is 48.6 Å². The molecule has 0 fully saturated rings. The van der Waals surface area contributed by atoms with E-state index in [-0.39, 0.29) is 16.5 Å². The molecular weight excluding hydrogens is 239 g/mol. The van der Waals surface area contributed by atoms with Crippen molar-refractivity contribution in [1.82, 2.24) is 0 Å². The van der Waals surface area contributed by atoms with Gasteiger partial charge in [-0.25, -0.2) is 0 Å². The number of allylic oxidation sites excluding steroid dienone is 8. The molecule has 0 aliphatic heterocycles. The van der Waals surface area contributed by atoms with Crippen LogP contribution in [0.1, 0.15) is 26.2 Å². The molecule has 0 nitrogen and oxygen atoms in total. The first-order chi connectivity index (χ1) is 7.42. The summed E-state index contributed by atoms with van der Waals surface area (Å²) in [5.41, 5.74) is 0. The standard InChI is InChI=1S/C15H20.Ni/c1-2-3-12-15(13-8-4-5-9-13)14-10-6-7-11-14;/h4-11,13-15H,2-3,12H2,1H3;. The van der Waals surface area contributed by atoms with Gasteiger partial charge in [0.2, 0.25) is 0 Å². The Hall–Kier alpha value is -0.546. The molecule has 0 amide bonds. The average molecular weight is 259 g/mol. The molecule has 0 saturated heterocycles. The zero-order valence-corrected chi connectivity index (χ0v) is 10.8. The van der Waals surface area contributed by atoms with Crippen molar-refractivity contribution >= 4 is 0 Å². The van der Waals surface area contributed by atoms with Crippen LogP contribution in [0, 0.1) is 17.8 Å². The van der Waals surface area contributed by atoms with Crippen LogP contribution in [0.4, 0.5) is 0 Å². The largest absolute Gasteiger partial charge is 0.0773 e. The van der Waals surface area contributed by atoms with E-state index in [0.717, 1.165) is 5.92 Å². The third kappa shape index (κ3) is 3.22. The summed E-state index contributed by atoms with van der Waals surface area (Å²) in [5, 5.41) is 0. The molecule has 90 valence electrons. The molecule has 0 radical (unpaired) electrons. The van der Waals surface area contributed by atoms with Crippen molar-refractivity contribution in [1.29, 1.82) is 0 Å². The maximum absolute atomic E-state index is 2.35. The Kier molecular flexibility index (Phi) is 5.84. The zero-order valence-electron chi connectivity index (χ0n) is 9.79. The topological polar surface area (TPSA) is 0 Å². The normalized spacial score (nSPS) is 18.9. The van der Waals surface area contributed by atoms with Gasteiger partial charge in [-0.2, -0.15) is 0 Å². The van der Waals surface area contributed by atoms with Crippen LogP contribution in [-0.2, 0) is 16.5 Å². The van der Waals surface area contributed by atoms with E-state index in [9.17, 15) is 0 Å². The molecule has 0 atom stereocenters. The van der Waals surface area contributed by atoms with Crippen molar-refractivity contribution < 1.29 is 16.5 Å². The first-order valence-corrected chi connectivity index (χ1v) is 6.12. The quantitative estimate of drug-likeness (QED) is 0.646. The average Bonchev–Trinajstić information content (AvgIpc) is 2.90. The molecule has 2 rings (SSSR count). The fraction of sp³-hybridized carbons (Fsp3) is 0.467. The summed E-state index contributed by atoms with van der Waals surface area (Å²) in [5.74, 6) is 2.10. The third-order valence-corrected chi connectivity index (χ3v) is 3.44. The van der Waals surface area contributed by atoms with E-state index >= 15 is 0 Å². The molecule has 0 aromatic carbocycles. The summed E-state index contributed by atoms with van der Waals surface area (Å²) >= 11 is 0. The zero-order chi connectivity index (χ0) is 10.5. The van der Waals surface area contributed by atoms with Crippen LogP contribution < -0.4 is 0 Å². The Bertz CT molecular complexity index is 257. The van der Waals surface area contributed by atoms with Crippen molar-refractivity contribution in [2.75, 3.05) is 0 Å². The van der Waals surface area contributed by atoms with Gasteiger partial charge in [0.25, 0.3) is 0 Å². The van der Waals surface area contributed by atoms with Crippen LogP contribution in [0.2, 0.25) is 0 Å². The molecule has 0 bridgehead atoms. The maximum atomic E-state index is 2.35. The SMILES string of the molecule is CCCCC(C1C=CC=C1)C1C=CC=C1.[Ni]. The number of hydrogen-bond acceptors (Lipinski definition) is 0. The van der Waals surface area contributed by atoms with Gasteiger partial charge in [0, 0.05) is 16.5 Å². The fourth-order valence-electron chi connectivity index (χ4n) is 2.55. The molecule has 0 aromatic rings. The minimum Gasteiger partial charge on any atom is -0.0773 e. The molecule has 0 saturated carbocycles. The van der Waals surface area contributed by atoms with E-state index in [1.165, 1.54) is 19.3 Å². The van der Waals surface area contributed by atoms with Gasteiger partial charge < -0.3 is 0 Å². The Morgan fingerprint density at radius 3 is 1.69 bits per heavy atom. The van der Waals surface area contributed by atoms with E-state index in [1.54, 1.807) is 0 Å². The van der Waals surface area contributed by atoms with Crippen LogP contribution in [0.25, 0.3) is 0 Å². The first-order valence-electron chi connectivity index (χ1n) is 6.12. The second-order valence-electron chi connectivity index (χ2n) is 4.50. The molecule has 0 aromatic heterocycles. The molecule has 0 heterocycles. The van der Waals surface area contributed by atoms with Crippen molar-refractivity contribution in [2.24, 2.45) is 17.8 Å². The van der Waals surface area contributed by atoms with E-state index in [0.29, 0.717) is 11.8 Å². The second-order valence-corrected chi connectivity index (χ2v) is 4.50. The van der Waals surface area contributed by atoms with Gasteiger partial charge >= 0.3 is 0 Å². The van der Waals surface area contributed by atoms with E-state index < -0.39 is 0 Å². The van der Waals surface area contributed by atoms with Gasteiger partial charge in [0.05, 0.1) is 0 Å². The summed E-state index contributed by atoms with van der Waals surface area (Å²) in [4.78, 5) is 0. The van der Waals surface area contributed by atoms with Gasteiger partial charge in [-0.3, -0.25) is 0 Å². The van der Waals surface area contributed by atoms with Crippen LogP contribution in [-0.4, -0.2) is 0 Å². The minimum atomic E-state index is 0. The third-order valence-electron chi connectivity index (χ3n) is 3.44. The molecule has 2 aliphatic rings. The number of hydrogen-bond donors (Lipinski definition) is 0. The molecule has 0 N–H and O–H groups in total. The van der Waals surface area contributed by atoms with E-state index in [2.05, 4.69) is 55.5 Å². The monoisotopic (exact) mass is 258 g/mol. The Balaban J connectivity index is 0.00000128. The van der Waals surface area contributed by atoms with Crippen molar-refractivity contribution in [3.8, 4) is 0 Å². The van der Waals surface area contributed by atoms with Crippen molar-refractivity contribution in [2.45, 2.75) is 26.2 Å². The maximum Gasteiger partial charge on any atom is 0 e. The van der Waals surface area contributed by atoms with Gasteiger partial charge in [0.15, 0.2) is 0 Å². The minimum absolute atomic E-state index is 0. The van der Waals surface area contributed by atoms with Gasteiger partial charge in [0.1, 0.15) is 0 Å². The second kappa shape index (κ2) is 6.91. The molecular formula is C15H20Ni. The summed E-state index contributed by atoms with van der Waals surface area (Å²) in [6, 6.07) is 0. The van der Waals surface area contributed by atoms with Crippen molar-refractivity contribution in [3.63, 3.8) is 0 Å². The summed E-state index contributed by atoms with van der Waals surface area (Å²) in [6.07, 6.45) is 22.1. The molecule has 0 spiro atoms. The predicted molar refractivity (Wildman–Crippen MR) is 66.6 cm³/mol. The molecule has 2 aliphatic carbocycles. The predicted octanol–water partition coefficient (Wildman–Crippen LogP) is 4.27. The summed E-state index contributed by atoms with van der Waals surface area (Å²) in [7, 11) is 0. The Morgan fingerprint density at radius 2 is 1.31 bits per heavy atom. The molecule has 0 unspecified atom stereocenters. The summed E-state index contributed by atoms with van der Waals surface area (Å²) < 4.78 is 0.